The number of alkyl halides is 7. The summed E-state index contributed by atoms with van der Waals surface area (Å²) in [6, 6.07) is 1.88. The predicted molar refractivity (Wildman–Crippen MR) is 58.9 cm³/mol. The third kappa shape index (κ3) is 4.23. The average molecular weight is 318 g/mol. The van der Waals surface area contributed by atoms with E-state index in [1.54, 1.807) is 0 Å². The normalized spacial score (nSPS) is 12.6. The highest BCUT2D eigenvalue weighted by atomic mass is 19.4. The van der Waals surface area contributed by atoms with Crippen LogP contribution in [-0.2, 0) is 6.18 Å². The summed E-state index contributed by atoms with van der Waals surface area (Å²) >= 11 is 0. The van der Waals surface area contributed by atoms with Gasteiger partial charge in [-0.05, 0) is 18.2 Å². The van der Waals surface area contributed by atoms with E-state index >= 15 is 0 Å². The molecule has 0 aliphatic carbocycles. The fourth-order valence-corrected chi connectivity index (χ4v) is 1.33. The van der Waals surface area contributed by atoms with Crippen LogP contribution in [0.25, 0.3) is 0 Å². The molecule has 0 aromatic heterocycles. The second-order valence-electron chi connectivity index (χ2n) is 3.97. The molecule has 0 heterocycles. The first-order valence-corrected chi connectivity index (χ1v) is 5.29. The van der Waals surface area contributed by atoms with Gasteiger partial charge in [0, 0.05) is 5.56 Å². The molecule has 118 valence electrons. The topological polar surface area (TPSA) is 59.1 Å². The van der Waals surface area contributed by atoms with Crippen LogP contribution < -0.4 is 10.5 Å². The fourth-order valence-electron chi connectivity index (χ4n) is 1.33. The van der Waals surface area contributed by atoms with E-state index in [1.807, 2.05) is 0 Å². The van der Waals surface area contributed by atoms with Crippen LogP contribution in [0, 0.1) is 5.41 Å². The summed E-state index contributed by atoms with van der Waals surface area (Å²) in [5.74, 6) is -6.06. The first kappa shape index (κ1) is 17.1. The van der Waals surface area contributed by atoms with E-state index in [0.717, 1.165) is 12.1 Å². The monoisotopic (exact) mass is 318 g/mol. The van der Waals surface area contributed by atoms with E-state index in [2.05, 4.69) is 4.74 Å². The fraction of sp³-hybridized carbons (Fsp3) is 0.364. The summed E-state index contributed by atoms with van der Waals surface area (Å²) in [5.41, 5.74) is 2.92. The Hall–Kier alpha value is -2.00. The van der Waals surface area contributed by atoms with Gasteiger partial charge >= 0.3 is 18.5 Å². The minimum atomic E-state index is -4.91. The molecule has 3 N–H and O–H groups in total. The summed E-state index contributed by atoms with van der Waals surface area (Å²) in [6.07, 6.45) is -8.91. The van der Waals surface area contributed by atoms with E-state index in [9.17, 15) is 30.7 Å². The van der Waals surface area contributed by atoms with Crippen LogP contribution in [0.1, 0.15) is 11.1 Å². The smallest absolute Gasteiger partial charge is 0.417 e. The van der Waals surface area contributed by atoms with Crippen molar-refractivity contribution in [1.29, 1.82) is 5.41 Å². The number of halogens is 7. The number of hydrogen-bond acceptors (Lipinski definition) is 2. The van der Waals surface area contributed by atoms with Crippen molar-refractivity contribution in [2.75, 3.05) is 6.61 Å². The van der Waals surface area contributed by atoms with Crippen molar-refractivity contribution in [3.8, 4) is 5.75 Å². The quantitative estimate of drug-likeness (QED) is 0.497. The molecule has 0 atom stereocenters. The van der Waals surface area contributed by atoms with Crippen LogP contribution in [0.4, 0.5) is 30.7 Å². The zero-order valence-electron chi connectivity index (χ0n) is 10.1. The molecule has 0 aliphatic rings. The second-order valence-corrected chi connectivity index (χ2v) is 3.97. The lowest BCUT2D eigenvalue weighted by atomic mass is 10.1. The summed E-state index contributed by atoms with van der Waals surface area (Å²) in [6.45, 7) is -1.78. The van der Waals surface area contributed by atoms with Gasteiger partial charge in [0.2, 0.25) is 0 Å². The van der Waals surface area contributed by atoms with Crippen LogP contribution in [-0.4, -0.2) is 24.8 Å². The van der Waals surface area contributed by atoms with Crippen LogP contribution in [0.3, 0.4) is 0 Å². The van der Waals surface area contributed by atoms with Gasteiger partial charge in [-0.1, -0.05) is 0 Å². The molecule has 0 spiro atoms. The third-order valence-corrected chi connectivity index (χ3v) is 2.34. The molecule has 0 radical (unpaired) electrons. The molecule has 10 heteroatoms. The zero-order chi connectivity index (χ0) is 16.4. The van der Waals surface area contributed by atoms with Crippen molar-refractivity contribution in [3.05, 3.63) is 29.3 Å². The Morgan fingerprint density at radius 3 is 2.19 bits per heavy atom. The van der Waals surface area contributed by atoms with Gasteiger partial charge in [0.25, 0.3) is 0 Å². The SMILES string of the molecule is N=C(N)c1ccc(OCC(F)(F)C(F)F)cc1C(F)(F)F. The Morgan fingerprint density at radius 2 is 1.76 bits per heavy atom. The second kappa shape index (κ2) is 5.78. The van der Waals surface area contributed by atoms with Crippen molar-refractivity contribution < 1.29 is 35.5 Å². The molecular weight excluding hydrogens is 309 g/mol. The van der Waals surface area contributed by atoms with Crippen LogP contribution in [0.15, 0.2) is 18.2 Å². The number of ether oxygens (including phenoxy) is 1. The number of nitrogens with one attached hydrogen (secondary N) is 1. The van der Waals surface area contributed by atoms with E-state index in [1.165, 1.54) is 0 Å². The van der Waals surface area contributed by atoms with Crippen molar-refractivity contribution in [2.45, 2.75) is 18.5 Å². The van der Waals surface area contributed by atoms with E-state index < -0.39 is 47.8 Å². The highest BCUT2D eigenvalue weighted by Gasteiger charge is 2.42. The van der Waals surface area contributed by atoms with Gasteiger partial charge < -0.3 is 10.5 Å². The molecule has 1 rings (SSSR count). The molecule has 0 fully saturated rings. The minimum Gasteiger partial charge on any atom is -0.487 e. The summed E-state index contributed by atoms with van der Waals surface area (Å²) < 4.78 is 91.5. The van der Waals surface area contributed by atoms with Crippen molar-refractivity contribution in [1.82, 2.24) is 0 Å². The Balaban J connectivity index is 3.04. The maximum absolute atomic E-state index is 12.7. The highest BCUT2D eigenvalue weighted by molar-refractivity contribution is 5.96. The Kier molecular flexibility index (Phi) is 4.69. The van der Waals surface area contributed by atoms with Crippen molar-refractivity contribution >= 4 is 5.84 Å². The van der Waals surface area contributed by atoms with Gasteiger partial charge in [0.05, 0.1) is 5.56 Å². The minimum absolute atomic E-state index is 0.318. The number of nitrogen functional groups attached to an aromatic ring is 1. The molecule has 0 bridgehead atoms. The molecule has 0 aliphatic heterocycles. The van der Waals surface area contributed by atoms with Gasteiger partial charge in [-0.3, -0.25) is 5.41 Å². The van der Waals surface area contributed by atoms with Crippen molar-refractivity contribution in [2.24, 2.45) is 5.73 Å². The Labute approximate surface area is 114 Å². The predicted octanol–water partition coefficient (Wildman–Crippen LogP) is 3.27. The number of nitrogens with two attached hydrogens (primary N) is 1. The molecule has 0 saturated carbocycles. The summed E-state index contributed by atoms with van der Waals surface area (Å²) in [5, 5.41) is 7.00. The number of amidine groups is 1. The largest absolute Gasteiger partial charge is 0.487 e. The van der Waals surface area contributed by atoms with Gasteiger partial charge in [0.1, 0.15) is 11.6 Å². The van der Waals surface area contributed by atoms with Gasteiger partial charge in [-0.2, -0.15) is 22.0 Å². The molecule has 1 aromatic rings. The van der Waals surface area contributed by atoms with Crippen LogP contribution in [0.2, 0.25) is 0 Å². The van der Waals surface area contributed by atoms with Crippen LogP contribution in [0.5, 0.6) is 5.75 Å². The number of rotatable bonds is 5. The third-order valence-electron chi connectivity index (χ3n) is 2.34. The van der Waals surface area contributed by atoms with E-state index in [0.29, 0.717) is 6.07 Å². The lowest BCUT2D eigenvalue weighted by molar-refractivity contribution is -0.148. The number of benzene rings is 1. The molecule has 0 saturated heterocycles. The Bertz CT molecular complexity index is 528. The zero-order valence-corrected chi connectivity index (χ0v) is 10.1. The lowest BCUT2D eigenvalue weighted by Gasteiger charge is -2.18. The molecule has 0 amide bonds. The standard InChI is InChI=1S/C11H9F7N2O/c12-9(13)10(14,15)4-21-5-1-2-6(8(19)20)7(3-5)11(16,17)18/h1-3,9H,4H2,(H3,19,20). The molecule has 0 unspecified atom stereocenters. The van der Waals surface area contributed by atoms with Gasteiger partial charge in [-0.15, -0.1) is 0 Å². The molecule has 3 nitrogen and oxygen atoms in total. The summed E-state index contributed by atoms with van der Waals surface area (Å²) in [7, 11) is 0. The first-order valence-electron chi connectivity index (χ1n) is 5.29. The molecular formula is C11H9F7N2O. The van der Waals surface area contributed by atoms with E-state index in [4.69, 9.17) is 11.1 Å². The lowest BCUT2D eigenvalue weighted by Crippen LogP contribution is -2.33. The van der Waals surface area contributed by atoms with Gasteiger partial charge in [-0.25, -0.2) is 8.78 Å². The average Bonchev–Trinajstić information content (AvgIpc) is 2.34. The Morgan fingerprint density at radius 1 is 1.19 bits per heavy atom. The first-order chi connectivity index (χ1) is 9.45. The van der Waals surface area contributed by atoms with Crippen molar-refractivity contribution in [3.63, 3.8) is 0 Å². The number of hydrogen-bond donors (Lipinski definition) is 2. The van der Waals surface area contributed by atoms with Gasteiger partial charge in [0.15, 0.2) is 6.61 Å². The van der Waals surface area contributed by atoms with E-state index in [-0.39, 0.29) is 0 Å². The molecule has 21 heavy (non-hydrogen) atoms. The summed E-state index contributed by atoms with van der Waals surface area (Å²) in [4.78, 5) is 0. The maximum atomic E-state index is 12.7. The maximum Gasteiger partial charge on any atom is 0.417 e. The van der Waals surface area contributed by atoms with Crippen LogP contribution >= 0.6 is 0 Å². The molecule has 1 aromatic carbocycles. The highest BCUT2D eigenvalue weighted by Crippen LogP contribution is 2.34.